The van der Waals surface area contributed by atoms with Gasteiger partial charge in [0.15, 0.2) is 0 Å². The molecule has 1 saturated carbocycles. The Morgan fingerprint density at radius 3 is 2.35 bits per heavy atom. The third-order valence-electron chi connectivity index (χ3n) is 5.15. The molecule has 20 heavy (non-hydrogen) atoms. The van der Waals surface area contributed by atoms with E-state index in [9.17, 15) is 10.1 Å². The van der Waals surface area contributed by atoms with Gasteiger partial charge in [0.05, 0.1) is 4.92 Å². The number of nitrogens with one attached hydrogen (secondary N) is 1. The minimum absolute atomic E-state index is 0.128. The first-order valence-electron chi connectivity index (χ1n) is 6.81. The van der Waals surface area contributed by atoms with Crippen molar-refractivity contribution >= 4 is 21.6 Å². The normalized spacial score (nSPS) is 19.9. The number of non-ortho nitro benzene ring substituents is 1. The van der Waals surface area contributed by atoms with Crippen LogP contribution in [0.25, 0.3) is 0 Å². The van der Waals surface area contributed by atoms with Crippen LogP contribution >= 0.6 is 15.9 Å². The Morgan fingerprint density at radius 2 is 1.85 bits per heavy atom. The number of rotatable bonds is 5. The summed E-state index contributed by atoms with van der Waals surface area (Å²) in [4.78, 5) is 10.5. The zero-order valence-corrected chi connectivity index (χ0v) is 14.0. The predicted octanol–water partition coefficient (Wildman–Crippen LogP) is 4.13. The van der Waals surface area contributed by atoms with Crippen LogP contribution in [0.1, 0.15) is 33.3 Å². The highest BCUT2D eigenvalue weighted by molar-refractivity contribution is 9.10. The lowest BCUT2D eigenvalue weighted by Crippen LogP contribution is -2.18. The molecule has 1 aliphatic rings. The third kappa shape index (κ3) is 2.74. The van der Waals surface area contributed by atoms with E-state index >= 15 is 0 Å². The maximum Gasteiger partial charge on any atom is 0.270 e. The lowest BCUT2D eigenvalue weighted by Gasteiger charge is -2.07. The minimum Gasteiger partial charge on any atom is -0.312 e. The smallest absolute Gasteiger partial charge is 0.270 e. The van der Waals surface area contributed by atoms with Gasteiger partial charge in [-0.2, -0.15) is 0 Å². The van der Waals surface area contributed by atoms with Gasteiger partial charge in [-0.3, -0.25) is 10.1 Å². The Hall–Kier alpha value is -0.940. The lowest BCUT2D eigenvalue weighted by molar-refractivity contribution is -0.385. The molecule has 0 saturated heterocycles. The van der Waals surface area contributed by atoms with Crippen LogP contribution in [0.2, 0.25) is 0 Å². The van der Waals surface area contributed by atoms with E-state index in [4.69, 9.17) is 0 Å². The Kier molecular flexibility index (Phi) is 3.95. The van der Waals surface area contributed by atoms with Gasteiger partial charge in [-0.1, -0.05) is 43.6 Å². The molecule has 1 N–H and O–H groups in total. The van der Waals surface area contributed by atoms with E-state index in [1.54, 1.807) is 6.07 Å². The highest BCUT2D eigenvalue weighted by Gasteiger charge is 2.63. The van der Waals surface area contributed by atoms with Gasteiger partial charge in [-0.15, -0.1) is 0 Å². The van der Waals surface area contributed by atoms with Crippen LogP contribution in [0.5, 0.6) is 0 Å². The van der Waals surface area contributed by atoms with Crippen molar-refractivity contribution in [3.05, 3.63) is 38.3 Å². The topological polar surface area (TPSA) is 55.2 Å². The van der Waals surface area contributed by atoms with E-state index in [0.717, 1.165) is 16.6 Å². The summed E-state index contributed by atoms with van der Waals surface area (Å²) in [6, 6.07) is 5.07. The van der Waals surface area contributed by atoms with Gasteiger partial charge >= 0.3 is 0 Å². The first-order valence-corrected chi connectivity index (χ1v) is 7.60. The molecule has 0 unspecified atom stereocenters. The zero-order chi connectivity index (χ0) is 15.1. The molecule has 1 aromatic rings. The number of nitro groups is 1. The summed E-state index contributed by atoms with van der Waals surface area (Å²) in [7, 11) is 0. The van der Waals surface area contributed by atoms with Gasteiger partial charge < -0.3 is 5.32 Å². The molecule has 0 spiro atoms. The number of hydrogen-bond acceptors (Lipinski definition) is 3. The highest BCUT2D eigenvalue weighted by Crippen LogP contribution is 2.67. The van der Waals surface area contributed by atoms with Gasteiger partial charge in [0, 0.05) is 23.2 Å². The molecule has 1 aliphatic carbocycles. The standard InChI is InChI=1S/C15H21BrN2O2/c1-14(2)13(15(14,3)4)9-17-8-10-5-11(16)7-12(6-10)18(19)20/h5-7,13,17H,8-9H2,1-4H3. The molecule has 2 rings (SSSR count). The van der Waals surface area contributed by atoms with E-state index < -0.39 is 0 Å². The molecule has 1 fully saturated rings. The maximum atomic E-state index is 10.8. The Labute approximate surface area is 128 Å². The SMILES string of the molecule is CC1(C)C(CNCc2cc(Br)cc([N+](=O)[O-])c2)C1(C)C. The Morgan fingerprint density at radius 1 is 1.25 bits per heavy atom. The summed E-state index contributed by atoms with van der Waals surface area (Å²) < 4.78 is 0.746. The largest absolute Gasteiger partial charge is 0.312 e. The minimum atomic E-state index is -0.360. The molecular weight excluding hydrogens is 320 g/mol. The van der Waals surface area contributed by atoms with Crippen molar-refractivity contribution in [2.24, 2.45) is 16.7 Å². The third-order valence-corrected chi connectivity index (χ3v) is 5.61. The van der Waals surface area contributed by atoms with Gasteiger partial charge in [-0.05, 0) is 34.9 Å². The second-order valence-corrected chi connectivity index (χ2v) is 7.62. The van der Waals surface area contributed by atoms with Crippen molar-refractivity contribution in [3.8, 4) is 0 Å². The molecule has 0 radical (unpaired) electrons. The summed E-state index contributed by atoms with van der Waals surface area (Å²) in [6.07, 6.45) is 0. The van der Waals surface area contributed by atoms with Crippen LogP contribution in [0.15, 0.2) is 22.7 Å². The molecule has 110 valence electrons. The molecule has 0 aliphatic heterocycles. The first-order chi connectivity index (χ1) is 9.16. The number of halogens is 1. The predicted molar refractivity (Wildman–Crippen MR) is 83.6 cm³/mol. The average Bonchev–Trinajstić information content (AvgIpc) is 2.70. The van der Waals surface area contributed by atoms with Crippen molar-refractivity contribution in [2.75, 3.05) is 6.54 Å². The Bertz CT molecular complexity index is 527. The number of benzene rings is 1. The van der Waals surface area contributed by atoms with Crippen LogP contribution in [0, 0.1) is 26.9 Å². The average molecular weight is 341 g/mol. The van der Waals surface area contributed by atoms with E-state index in [-0.39, 0.29) is 10.6 Å². The number of nitro benzene ring substituents is 1. The Balaban J connectivity index is 1.94. The van der Waals surface area contributed by atoms with E-state index in [2.05, 4.69) is 48.9 Å². The van der Waals surface area contributed by atoms with Crippen LogP contribution in [-0.4, -0.2) is 11.5 Å². The molecule has 5 heteroatoms. The molecular formula is C15H21BrN2O2. The molecule has 4 nitrogen and oxygen atoms in total. The van der Waals surface area contributed by atoms with Crippen molar-refractivity contribution in [1.82, 2.24) is 5.32 Å². The molecule has 0 amide bonds. The van der Waals surface area contributed by atoms with E-state index in [0.29, 0.717) is 23.3 Å². The fourth-order valence-corrected chi connectivity index (χ4v) is 3.57. The second kappa shape index (κ2) is 5.11. The van der Waals surface area contributed by atoms with Gasteiger partial charge in [0.1, 0.15) is 0 Å². The van der Waals surface area contributed by atoms with Gasteiger partial charge in [0.25, 0.3) is 5.69 Å². The van der Waals surface area contributed by atoms with Crippen LogP contribution in [0.4, 0.5) is 5.69 Å². The molecule has 0 atom stereocenters. The molecule has 0 bridgehead atoms. The van der Waals surface area contributed by atoms with Crippen LogP contribution in [-0.2, 0) is 6.54 Å². The molecule has 1 aromatic carbocycles. The summed E-state index contributed by atoms with van der Waals surface area (Å²) in [5.41, 5.74) is 1.79. The van der Waals surface area contributed by atoms with E-state index in [1.807, 2.05) is 6.07 Å². The summed E-state index contributed by atoms with van der Waals surface area (Å²) >= 11 is 3.32. The molecule has 0 heterocycles. The van der Waals surface area contributed by atoms with Crippen LogP contribution < -0.4 is 5.32 Å². The zero-order valence-electron chi connectivity index (χ0n) is 12.4. The summed E-state index contributed by atoms with van der Waals surface area (Å²) in [6.45, 7) is 10.8. The van der Waals surface area contributed by atoms with Crippen molar-refractivity contribution in [2.45, 2.75) is 34.2 Å². The first kappa shape index (κ1) is 15.4. The van der Waals surface area contributed by atoms with Crippen molar-refractivity contribution < 1.29 is 4.92 Å². The van der Waals surface area contributed by atoms with Gasteiger partial charge in [-0.25, -0.2) is 0 Å². The summed E-state index contributed by atoms with van der Waals surface area (Å²) in [5, 5.41) is 14.3. The monoisotopic (exact) mass is 340 g/mol. The second-order valence-electron chi connectivity index (χ2n) is 6.70. The maximum absolute atomic E-state index is 10.8. The summed E-state index contributed by atoms with van der Waals surface area (Å²) in [5.74, 6) is 0.650. The van der Waals surface area contributed by atoms with E-state index in [1.165, 1.54) is 6.07 Å². The van der Waals surface area contributed by atoms with Crippen molar-refractivity contribution in [3.63, 3.8) is 0 Å². The fraction of sp³-hybridized carbons (Fsp3) is 0.600. The molecule has 0 aromatic heterocycles. The number of nitrogens with zero attached hydrogens (tertiary/aromatic N) is 1. The quantitative estimate of drug-likeness (QED) is 0.647. The van der Waals surface area contributed by atoms with Crippen LogP contribution in [0.3, 0.4) is 0 Å². The van der Waals surface area contributed by atoms with Crippen molar-refractivity contribution in [1.29, 1.82) is 0 Å². The highest BCUT2D eigenvalue weighted by atomic mass is 79.9. The fourth-order valence-electron chi connectivity index (χ4n) is 3.05. The lowest BCUT2D eigenvalue weighted by atomic mass is 10.0. The van der Waals surface area contributed by atoms with Gasteiger partial charge in [0.2, 0.25) is 0 Å². The number of hydrogen-bond donors (Lipinski definition) is 1.